The first-order valence-corrected chi connectivity index (χ1v) is 7.74. The molecule has 0 spiro atoms. The number of rotatable bonds is 2. The molecule has 4 aliphatic rings. The summed E-state index contributed by atoms with van der Waals surface area (Å²) in [4.78, 5) is 25.5. The summed E-state index contributed by atoms with van der Waals surface area (Å²) in [5.74, 6) is 0.880. The summed E-state index contributed by atoms with van der Waals surface area (Å²) in [7, 11) is 0. The standard InChI is InChI=1S/C16H19NO4/c18-15(13-1-2-14(21-13)16(19)20)17-8-11-4-9-3-10(5-11)7-12(17)6-9/h1-2,9-12H,3-8H2,(H,19,20). The number of nitrogens with zero attached hydrogens (tertiary/aromatic N) is 1. The molecule has 1 amide bonds. The van der Waals surface area contributed by atoms with Crippen molar-refractivity contribution in [3.63, 3.8) is 0 Å². The van der Waals surface area contributed by atoms with Crippen molar-refractivity contribution in [3.8, 4) is 0 Å². The van der Waals surface area contributed by atoms with Crippen molar-refractivity contribution in [1.29, 1.82) is 0 Å². The van der Waals surface area contributed by atoms with Crippen LogP contribution in [0.15, 0.2) is 16.5 Å². The monoisotopic (exact) mass is 289 g/mol. The van der Waals surface area contributed by atoms with Gasteiger partial charge in [-0.15, -0.1) is 0 Å². The Morgan fingerprint density at radius 1 is 1.00 bits per heavy atom. The Labute approximate surface area is 122 Å². The van der Waals surface area contributed by atoms with Gasteiger partial charge in [-0.2, -0.15) is 0 Å². The molecule has 2 saturated heterocycles. The van der Waals surface area contributed by atoms with Crippen LogP contribution in [-0.2, 0) is 0 Å². The molecule has 4 bridgehead atoms. The van der Waals surface area contributed by atoms with Gasteiger partial charge in [-0.3, -0.25) is 4.79 Å². The van der Waals surface area contributed by atoms with Crippen molar-refractivity contribution in [3.05, 3.63) is 23.7 Å². The Morgan fingerprint density at radius 2 is 1.62 bits per heavy atom. The molecule has 2 atom stereocenters. The lowest BCUT2D eigenvalue weighted by Gasteiger charge is -2.38. The van der Waals surface area contributed by atoms with Crippen LogP contribution < -0.4 is 0 Å². The average Bonchev–Trinajstić information content (AvgIpc) is 2.85. The summed E-state index contributed by atoms with van der Waals surface area (Å²) in [5, 5.41) is 8.91. The number of carbonyl (C=O) groups excluding carboxylic acids is 1. The normalized spacial score (nSPS) is 34.0. The molecule has 5 rings (SSSR count). The van der Waals surface area contributed by atoms with Gasteiger partial charge in [0.2, 0.25) is 5.76 Å². The number of carboxylic acids is 1. The van der Waals surface area contributed by atoms with Crippen molar-refractivity contribution >= 4 is 11.9 Å². The summed E-state index contributed by atoms with van der Waals surface area (Å²) in [6, 6.07) is 3.16. The van der Waals surface area contributed by atoms with Crippen LogP contribution >= 0.6 is 0 Å². The number of amides is 1. The molecular formula is C16H19NO4. The van der Waals surface area contributed by atoms with E-state index >= 15 is 0 Å². The number of furan rings is 1. The maximum Gasteiger partial charge on any atom is 0.371 e. The molecule has 5 heteroatoms. The molecule has 1 N–H and O–H groups in total. The maximum absolute atomic E-state index is 12.7. The molecule has 0 radical (unpaired) electrons. The van der Waals surface area contributed by atoms with Crippen LogP contribution in [0.5, 0.6) is 0 Å². The van der Waals surface area contributed by atoms with Gasteiger partial charge in [0.1, 0.15) is 0 Å². The van der Waals surface area contributed by atoms with E-state index in [0.29, 0.717) is 12.0 Å². The second-order valence-electron chi connectivity index (χ2n) is 6.86. The second-order valence-corrected chi connectivity index (χ2v) is 6.86. The number of carboxylic acid groups (broad SMARTS) is 1. The average molecular weight is 289 g/mol. The Kier molecular flexibility index (Phi) is 2.84. The van der Waals surface area contributed by atoms with Crippen LogP contribution in [-0.4, -0.2) is 34.5 Å². The summed E-state index contributed by atoms with van der Waals surface area (Å²) in [5.41, 5.74) is 0. The number of carbonyl (C=O) groups is 2. The van der Waals surface area contributed by atoms with E-state index in [-0.39, 0.29) is 17.4 Å². The summed E-state index contributed by atoms with van der Waals surface area (Å²) in [6.45, 7) is 0.805. The minimum atomic E-state index is -1.13. The summed E-state index contributed by atoms with van der Waals surface area (Å²) >= 11 is 0. The molecule has 5 nitrogen and oxygen atoms in total. The van der Waals surface area contributed by atoms with Gasteiger partial charge in [0, 0.05) is 12.6 Å². The molecule has 1 aromatic heterocycles. The van der Waals surface area contributed by atoms with E-state index in [9.17, 15) is 9.59 Å². The Bertz CT molecular complexity index is 579. The van der Waals surface area contributed by atoms with E-state index in [0.717, 1.165) is 31.2 Å². The first kappa shape index (κ1) is 12.9. The van der Waals surface area contributed by atoms with Gasteiger partial charge < -0.3 is 14.4 Å². The lowest BCUT2D eigenvalue weighted by Crippen LogP contribution is -2.42. The fraction of sp³-hybridized carbons (Fsp3) is 0.625. The summed E-state index contributed by atoms with van der Waals surface area (Å²) < 4.78 is 5.20. The minimum Gasteiger partial charge on any atom is -0.475 e. The third kappa shape index (κ3) is 2.15. The van der Waals surface area contributed by atoms with Gasteiger partial charge in [0.05, 0.1) is 0 Å². The SMILES string of the molecule is O=C(O)c1ccc(C(=O)N2CC3CC4CC(C3)CC2C4)o1. The largest absolute Gasteiger partial charge is 0.475 e. The maximum atomic E-state index is 12.7. The Morgan fingerprint density at radius 3 is 2.24 bits per heavy atom. The molecule has 2 aliphatic carbocycles. The first-order valence-electron chi connectivity index (χ1n) is 7.74. The molecule has 21 heavy (non-hydrogen) atoms. The van der Waals surface area contributed by atoms with Gasteiger partial charge in [-0.25, -0.2) is 4.79 Å². The molecule has 2 saturated carbocycles. The third-order valence-corrected chi connectivity index (χ3v) is 5.39. The van der Waals surface area contributed by atoms with Crippen molar-refractivity contribution in [2.45, 2.75) is 38.1 Å². The number of aromatic carboxylic acids is 1. The van der Waals surface area contributed by atoms with Crippen LogP contribution in [0.3, 0.4) is 0 Å². The van der Waals surface area contributed by atoms with Crippen LogP contribution in [0.4, 0.5) is 0 Å². The van der Waals surface area contributed by atoms with Gasteiger partial charge in [-0.05, 0) is 62.0 Å². The van der Waals surface area contributed by atoms with Crippen LogP contribution in [0.2, 0.25) is 0 Å². The second kappa shape index (κ2) is 4.61. The van der Waals surface area contributed by atoms with E-state index in [1.807, 2.05) is 4.90 Å². The van der Waals surface area contributed by atoms with Crippen molar-refractivity contribution in [2.75, 3.05) is 6.54 Å². The molecule has 112 valence electrons. The molecule has 3 heterocycles. The Balaban J connectivity index is 1.60. The Hall–Kier alpha value is -1.78. The van der Waals surface area contributed by atoms with Crippen molar-refractivity contribution < 1.29 is 19.1 Å². The van der Waals surface area contributed by atoms with E-state index in [1.165, 1.54) is 31.4 Å². The molecule has 1 aromatic rings. The molecule has 4 fully saturated rings. The number of hydrogen-bond donors (Lipinski definition) is 1. The summed E-state index contributed by atoms with van der Waals surface area (Å²) in [6.07, 6.45) is 6.03. The molecule has 2 aliphatic heterocycles. The highest BCUT2D eigenvalue weighted by atomic mass is 16.4. The van der Waals surface area contributed by atoms with Gasteiger partial charge in [0.15, 0.2) is 5.76 Å². The van der Waals surface area contributed by atoms with Crippen LogP contribution in [0.1, 0.15) is 53.2 Å². The lowest BCUT2D eigenvalue weighted by atomic mass is 9.68. The molecular weight excluding hydrogens is 270 g/mol. The minimum absolute atomic E-state index is 0.138. The van der Waals surface area contributed by atoms with Crippen molar-refractivity contribution in [1.82, 2.24) is 4.90 Å². The number of fused-ring (bicyclic) bond motifs is 1. The van der Waals surface area contributed by atoms with E-state index in [4.69, 9.17) is 9.52 Å². The van der Waals surface area contributed by atoms with E-state index in [1.54, 1.807) is 0 Å². The zero-order valence-corrected chi connectivity index (χ0v) is 11.8. The molecule has 0 aromatic carbocycles. The molecule has 2 unspecified atom stereocenters. The zero-order chi connectivity index (χ0) is 14.6. The van der Waals surface area contributed by atoms with E-state index in [2.05, 4.69) is 0 Å². The van der Waals surface area contributed by atoms with Gasteiger partial charge in [-0.1, -0.05) is 0 Å². The van der Waals surface area contributed by atoms with Gasteiger partial charge >= 0.3 is 5.97 Å². The lowest BCUT2D eigenvalue weighted by molar-refractivity contribution is 0.0588. The highest BCUT2D eigenvalue weighted by Gasteiger charge is 2.44. The van der Waals surface area contributed by atoms with Gasteiger partial charge in [0.25, 0.3) is 5.91 Å². The number of hydrogen-bond acceptors (Lipinski definition) is 3. The quantitative estimate of drug-likeness (QED) is 0.908. The topological polar surface area (TPSA) is 70.8 Å². The van der Waals surface area contributed by atoms with Crippen LogP contribution in [0, 0.1) is 17.8 Å². The third-order valence-electron chi connectivity index (χ3n) is 5.39. The predicted molar refractivity (Wildman–Crippen MR) is 74.0 cm³/mol. The highest BCUT2D eigenvalue weighted by Crippen LogP contribution is 2.47. The smallest absolute Gasteiger partial charge is 0.371 e. The van der Waals surface area contributed by atoms with E-state index < -0.39 is 5.97 Å². The van der Waals surface area contributed by atoms with Crippen LogP contribution in [0.25, 0.3) is 0 Å². The predicted octanol–water partition coefficient (Wildman–Crippen LogP) is 2.63. The fourth-order valence-electron chi connectivity index (χ4n) is 4.74. The first-order chi connectivity index (χ1) is 10.1. The zero-order valence-electron chi connectivity index (χ0n) is 11.8. The highest BCUT2D eigenvalue weighted by molar-refractivity contribution is 5.93. The fourth-order valence-corrected chi connectivity index (χ4v) is 4.74. The van der Waals surface area contributed by atoms with Crippen molar-refractivity contribution in [2.24, 2.45) is 17.8 Å².